The normalized spacial score (nSPS) is 16.1. The maximum atomic E-state index is 13.1. The van der Waals surface area contributed by atoms with Crippen LogP contribution < -0.4 is 10.6 Å². The van der Waals surface area contributed by atoms with Crippen molar-refractivity contribution in [1.29, 1.82) is 0 Å². The topological polar surface area (TPSA) is 50.4 Å². The van der Waals surface area contributed by atoms with E-state index in [-0.39, 0.29) is 12.0 Å². The molecule has 1 saturated heterocycles. The smallest absolute Gasteiger partial charge is 0.251 e. The van der Waals surface area contributed by atoms with Crippen molar-refractivity contribution in [2.24, 2.45) is 0 Å². The first-order valence-corrected chi connectivity index (χ1v) is 7.03. The Morgan fingerprint density at radius 1 is 1.45 bits per heavy atom. The Kier molecular flexibility index (Phi) is 5.49. The number of hydrogen-bond acceptors (Lipinski definition) is 3. The fourth-order valence-electron chi connectivity index (χ4n) is 2.29. The molecule has 1 aromatic rings. The highest BCUT2D eigenvalue weighted by Crippen LogP contribution is 2.10. The number of piperidine rings is 1. The highest BCUT2D eigenvalue weighted by Gasteiger charge is 2.13. The summed E-state index contributed by atoms with van der Waals surface area (Å²) >= 11 is 0. The van der Waals surface area contributed by atoms with E-state index in [4.69, 9.17) is 4.74 Å². The molecular formula is C15H21FN2O2. The van der Waals surface area contributed by atoms with Crippen molar-refractivity contribution in [3.63, 3.8) is 0 Å². The minimum atomic E-state index is -0.397. The predicted molar refractivity (Wildman–Crippen MR) is 75.3 cm³/mol. The number of benzene rings is 1. The minimum absolute atomic E-state index is 0.254. The molecule has 0 aliphatic carbocycles. The minimum Gasteiger partial charge on any atom is -0.376 e. The van der Waals surface area contributed by atoms with E-state index >= 15 is 0 Å². The Morgan fingerprint density at radius 3 is 2.95 bits per heavy atom. The molecule has 0 spiro atoms. The van der Waals surface area contributed by atoms with Gasteiger partial charge in [0.1, 0.15) is 5.82 Å². The van der Waals surface area contributed by atoms with Crippen LogP contribution in [0.4, 0.5) is 4.39 Å². The van der Waals surface area contributed by atoms with E-state index in [1.165, 1.54) is 12.1 Å². The molecule has 2 rings (SSSR count). The van der Waals surface area contributed by atoms with Gasteiger partial charge in [0, 0.05) is 12.1 Å². The van der Waals surface area contributed by atoms with Crippen LogP contribution in [0.15, 0.2) is 18.2 Å². The molecule has 0 aromatic heterocycles. The zero-order valence-electron chi connectivity index (χ0n) is 11.7. The average molecular weight is 280 g/mol. The van der Waals surface area contributed by atoms with Gasteiger partial charge in [-0.15, -0.1) is 0 Å². The molecular weight excluding hydrogens is 259 g/mol. The second-order valence-corrected chi connectivity index (χ2v) is 5.04. The lowest BCUT2D eigenvalue weighted by atomic mass is 10.1. The Hall–Kier alpha value is -1.46. The quantitative estimate of drug-likeness (QED) is 0.806. The highest BCUT2D eigenvalue weighted by molar-refractivity contribution is 5.95. The summed E-state index contributed by atoms with van der Waals surface area (Å²) in [5.41, 5.74) is 1.15. The van der Waals surface area contributed by atoms with Crippen LogP contribution in [-0.4, -0.2) is 38.3 Å². The average Bonchev–Trinajstić information content (AvgIpc) is 2.47. The van der Waals surface area contributed by atoms with Crippen molar-refractivity contribution in [3.8, 4) is 0 Å². The first kappa shape index (κ1) is 14.9. The van der Waals surface area contributed by atoms with Gasteiger partial charge in [0.05, 0.1) is 12.7 Å². The molecule has 0 bridgehead atoms. The zero-order chi connectivity index (χ0) is 14.4. The summed E-state index contributed by atoms with van der Waals surface area (Å²) in [6, 6.07) is 4.22. The van der Waals surface area contributed by atoms with Crippen molar-refractivity contribution < 1.29 is 13.9 Å². The third-order valence-electron chi connectivity index (χ3n) is 3.47. The highest BCUT2D eigenvalue weighted by atomic mass is 19.1. The number of aryl methyl sites for hydroxylation is 1. The number of nitrogens with one attached hydrogen (secondary N) is 2. The van der Waals surface area contributed by atoms with Gasteiger partial charge in [-0.25, -0.2) is 4.39 Å². The molecule has 1 aliphatic heterocycles. The van der Waals surface area contributed by atoms with Gasteiger partial charge >= 0.3 is 0 Å². The fourth-order valence-corrected chi connectivity index (χ4v) is 2.29. The summed E-state index contributed by atoms with van der Waals surface area (Å²) in [5.74, 6) is -0.650. The molecule has 1 amide bonds. The number of carbonyl (C=O) groups is 1. The summed E-state index contributed by atoms with van der Waals surface area (Å²) in [4.78, 5) is 11.9. The maximum absolute atomic E-state index is 13.1. The van der Waals surface area contributed by atoms with Gasteiger partial charge in [-0.3, -0.25) is 4.79 Å². The number of ether oxygens (including phenoxy) is 1. The van der Waals surface area contributed by atoms with Gasteiger partial charge < -0.3 is 15.4 Å². The number of amides is 1. The van der Waals surface area contributed by atoms with Crippen molar-refractivity contribution in [2.45, 2.75) is 25.9 Å². The maximum Gasteiger partial charge on any atom is 0.251 e. The van der Waals surface area contributed by atoms with Crippen LogP contribution >= 0.6 is 0 Å². The monoisotopic (exact) mass is 280 g/mol. The molecule has 1 heterocycles. The lowest BCUT2D eigenvalue weighted by molar-refractivity contribution is 0.0343. The predicted octanol–water partition coefficient (Wildman–Crippen LogP) is 1.63. The second-order valence-electron chi connectivity index (χ2n) is 5.04. The standard InChI is InChI=1S/C15H21FN2O2/c1-11-2-3-12(16)10-14(11)15(19)18-8-9-20-13-4-6-17-7-5-13/h2-3,10,13,17H,4-9H2,1H3,(H,18,19). The van der Waals surface area contributed by atoms with E-state index in [0.29, 0.717) is 18.7 Å². The Morgan fingerprint density at radius 2 is 2.20 bits per heavy atom. The van der Waals surface area contributed by atoms with Crippen molar-refractivity contribution in [3.05, 3.63) is 35.1 Å². The van der Waals surface area contributed by atoms with E-state index in [2.05, 4.69) is 10.6 Å². The van der Waals surface area contributed by atoms with Crippen LogP contribution in [-0.2, 0) is 4.74 Å². The lowest BCUT2D eigenvalue weighted by Gasteiger charge is -2.22. The van der Waals surface area contributed by atoms with Gasteiger partial charge in [0.2, 0.25) is 0 Å². The molecule has 1 aromatic carbocycles. The summed E-state index contributed by atoms with van der Waals surface area (Å²) in [5, 5.41) is 6.03. The Balaban J connectivity index is 1.73. The number of rotatable bonds is 5. The van der Waals surface area contributed by atoms with Crippen molar-refractivity contribution in [2.75, 3.05) is 26.2 Å². The van der Waals surface area contributed by atoms with Gasteiger partial charge in [0.15, 0.2) is 0 Å². The van der Waals surface area contributed by atoms with Crippen molar-refractivity contribution in [1.82, 2.24) is 10.6 Å². The van der Waals surface area contributed by atoms with E-state index in [1.54, 1.807) is 13.0 Å². The Bertz CT molecular complexity index is 459. The molecule has 0 atom stereocenters. The zero-order valence-corrected chi connectivity index (χ0v) is 11.7. The number of halogens is 1. The summed E-state index contributed by atoms with van der Waals surface area (Å²) < 4.78 is 18.8. The van der Waals surface area contributed by atoms with E-state index < -0.39 is 5.82 Å². The summed E-state index contributed by atoms with van der Waals surface area (Å²) in [6.07, 6.45) is 2.30. The number of hydrogen-bond donors (Lipinski definition) is 2. The molecule has 4 nitrogen and oxygen atoms in total. The molecule has 5 heteroatoms. The summed E-state index contributed by atoms with van der Waals surface area (Å²) in [6.45, 7) is 4.70. The van der Waals surface area contributed by atoms with Crippen LogP contribution in [0.25, 0.3) is 0 Å². The van der Waals surface area contributed by atoms with Gasteiger partial charge in [-0.1, -0.05) is 6.07 Å². The van der Waals surface area contributed by atoms with Crippen LogP contribution in [0.3, 0.4) is 0 Å². The van der Waals surface area contributed by atoms with Gasteiger partial charge in [-0.05, 0) is 50.6 Å². The molecule has 110 valence electrons. The van der Waals surface area contributed by atoms with E-state index in [9.17, 15) is 9.18 Å². The number of carbonyl (C=O) groups excluding carboxylic acids is 1. The third kappa shape index (κ3) is 4.28. The Labute approximate surface area is 118 Å². The van der Waals surface area contributed by atoms with Gasteiger partial charge in [0.25, 0.3) is 5.91 Å². The fraction of sp³-hybridized carbons (Fsp3) is 0.533. The molecule has 1 fully saturated rings. The van der Waals surface area contributed by atoms with Crippen LogP contribution in [0, 0.1) is 12.7 Å². The van der Waals surface area contributed by atoms with Crippen molar-refractivity contribution >= 4 is 5.91 Å². The largest absolute Gasteiger partial charge is 0.376 e. The first-order valence-electron chi connectivity index (χ1n) is 7.03. The van der Waals surface area contributed by atoms with E-state index in [1.807, 2.05) is 0 Å². The van der Waals surface area contributed by atoms with Crippen LogP contribution in [0.5, 0.6) is 0 Å². The molecule has 0 saturated carbocycles. The van der Waals surface area contributed by atoms with Gasteiger partial charge in [-0.2, -0.15) is 0 Å². The molecule has 0 unspecified atom stereocenters. The molecule has 2 N–H and O–H groups in total. The first-order chi connectivity index (χ1) is 9.66. The molecule has 20 heavy (non-hydrogen) atoms. The summed E-state index contributed by atoms with van der Waals surface area (Å²) in [7, 11) is 0. The molecule has 0 radical (unpaired) electrons. The SMILES string of the molecule is Cc1ccc(F)cc1C(=O)NCCOC1CCNCC1. The lowest BCUT2D eigenvalue weighted by Crippen LogP contribution is -2.35. The van der Waals surface area contributed by atoms with Crippen LogP contribution in [0.2, 0.25) is 0 Å². The van der Waals surface area contributed by atoms with E-state index in [0.717, 1.165) is 31.5 Å². The van der Waals surface area contributed by atoms with Crippen LogP contribution in [0.1, 0.15) is 28.8 Å². The molecule has 1 aliphatic rings. The second kappa shape index (κ2) is 7.36. The third-order valence-corrected chi connectivity index (χ3v) is 3.47.